The normalized spacial score (nSPS) is 17.3. The fourth-order valence-corrected chi connectivity index (χ4v) is 5.00. The molecule has 0 fully saturated rings. The molecule has 0 aromatic heterocycles. The molecule has 0 saturated heterocycles. The zero-order valence-corrected chi connectivity index (χ0v) is 20.1. The molecule has 7 heteroatoms. The minimum Gasteiger partial charge on any atom is -0.466 e. The Hall–Kier alpha value is -3.32. The lowest BCUT2D eigenvalue weighted by Crippen LogP contribution is -2.38. The lowest BCUT2D eigenvalue weighted by atomic mass is 9.93. The van der Waals surface area contributed by atoms with Gasteiger partial charge in [-0.15, -0.1) is 0 Å². The predicted molar refractivity (Wildman–Crippen MR) is 131 cm³/mol. The molecule has 33 heavy (non-hydrogen) atoms. The zero-order valence-electron chi connectivity index (χ0n) is 19.2. The number of amides is 1. The number of carbonyl (C=O) groups is 2. The Labute approximate surface area is 198 Å². The Morgan fingerprint density at radius 1 is 1.09 bits per heavy atom. The average molecular weight is 462 g/mol. The molecule has 0 aliphatic carbocycles. The van der Waals surface area contributed by atoms with E-state index in [4.69, 9.17) is 4.74 Å². The molecule has 170 valence electrons. The van der Waals surface area contributed by atoms with Crippen molar-refractivity contribution < 1.29 is 14.3 Å². The van der Waals surface area contributed by atoms with Gasteiger partial charge in [0.2, 0.25) is 5.91 Å². The Bertz CT molecular complexity index is 1150. The number of amidine groups is 1. The van der Waals surface area contributed by atoms with Crippen molar-refractivity contribution in [1.82, 2.24) is 9.80 Å². The van der Waals surface area contributed by atoms with E-state index in [1.165, 1.54) is 18.9 Å². The molecule has 2 aliphatic rings. The SMILES string of the molecule is COC(=O)C1=C(C)N=C2SC=C(CC(=O)N(C)Cc3ccccc3)N2[C@@H]1c1ccc(C)cc1. The van der Waals surface area contributed by atoms with Crippen molar-refractivity contribution >= 4 is 28.8 Å². The number of hydrogen-bond acceptors (Lipinski definition) is 6. The van der Waals surface area contributed by atoms with Crippen LogP contribution >= 0.6 is 11.8 Å². The molecule has 1 atom stereocenters. The van der Waals surface area contributed by atoms with Crippen molar-refractivity contribution in [2.75, 3.05) is 14.2 Å². The van der Waals surface area contributed by atoms with E-state index >= 15 is 0 Å². The van der Waals surface area contributed by atoms with E-state index in [0.29, 0.717) is 17.8 Å². The number of nitrogens with zero attached hydrogens (tertiary/aromatic N) is 3. The molecule has 0 radical (unpaired) electrons. The van der Waals surface area contributed by atoms with Gasteiger partial charge >= 0.3 is 5.97 Å². The summed E-state index contributed by atoms with van der Waals surface area (Å²) in [5.41, 5.74) is 5.10. The fourth-order valence-electron chi connectivity index (χ4n) is 4.04. The van der Waals surface area contributed by atoms with Gasteiger partial charge in [0, 0.05) is 19.3 Å². The van der Waals surface area contributed by atoms with Crippen LogP contribution in [-0.4, -0.2) is 41.0 Å². The molecule has 0 spiro atoms. The second-order valence-electron chi connectivity index (χ2n) is 8.21. The highest BCUT2D eigenvalue weighted by atomic mass is 32.2. The highest BCUT2D eigenvalue weighted by molar-refractivity contribution is 8.16. The monoisotopic (exact) mass is 461 g/mol. The van der Waals surface area contributed by atoms with E-state index in [0.717, 1.165) is 27.6 Å². The van der Waals surface area contributed by atoms with E-state index in [1.54, 1.807) is 4.90 Å². The summed E-state index contributed by atoms with van der Waals surface area (Å²) in [6, 6.07) is 17.6. The molecule has 2 aliphatic heterocycles. The van der Waals surface area contributed by atoms with Gasteiger partial charge in [-0.25, -0.2) is 9.79 Å². The third-order valence-electron chi connectivity index (χ3n) is 5.82. The summed E-state index contributed by atoms with van der Waals surface area (Å²) < 4.78 is 5.11. The summed E-state index contributed by atoms with van der Waals surface area (Å²) in [6.45, 7) is 4.39. The summed E-state index contributed by atoms with van der Waals surface area (Å²) in [5.74, 6) is -0.412. The lowest BCUT2D eigenvalue weighted by molar-refractivity contribution is -0.136. The lowest BCUT2D eigenvalue weighted by Gasteiger charge is -2.36. The van der Waals surface area contributed by atoms with Crippen molar-refractivity contribution in [3.05, 3.63) is 93.7 Å². The summed E-state index contributed by atoms with van der Waals surface area (Å²) in [6.07, 6.45) is 0.214. The van der Waals surface area contributed by atoms with Gasteiger partial charge in [-0.1, -0.05) is 71.9 Å². The number of ether oxygens (including phenoxy) is 1. The molecular weight excluding hydrogens is 434 g/mol. The third-order valence-corrected chi connectivity index (χ3v) is 6.71. The van der Waals surface area contributed by atoms with Crippen LogP contribution in [0.4, 0.5) is 0 Å². The fraction of sp³-hybridized carbons (Fsp3) is 0.269. The molecule has 0 saturated carbocycles. The number of hydrogen-bond donors (Lipinski definition) is 0. The number of fused-ring (bicyclic) bond motifs is 1. The molecule has 2 aromatic carbocycles. The van der Waals surface area contributed by atoms with Crippen LogP contribution in [0, 0.1) is 6.92 Å². The molecule has 6 nitrogen and oxygen atoms in total. The first-order chi connectivity index (χ1) is 15.9. The van der Waals surface area contributed by atoms with E-state index in [9.17, 15) is 9.59 Å². The molecule has 0 N–H and O–H groups in total. The second kappa shape index (κ2) is 9.67. The molecule has 1 amide bonds. The van der Waals surface area contributed by atoms with Crippen LogP contribution in [0.2, 0.25) is 0 Å². The smallest absolute Gasteiger partial charge is 0.338 e. The van der Waals surface area contributed by atoms with Crippen LogP contribution < -0.4 is 0 Å². The number of aliphatic imine (C=N–C) groups is 1. The van der Waals surface area contributed by atoms with Crippen LogP contribution in [0.15, 0.2) is 82.0 Å². The molecule has 0 bridgehead atoms. The highest BCUT2D eigenvalue weighted by Crippen LogP contribution is 2.44. The summed E-state index contributed by atoms with van der Waals surface area (Å²) >= 11 is 1.48. The summed E-state index contributed by atoms with van der Waals surface area (Å²) in [4.78, 5) is 34.3. The Morgan fingerprint density at radius 3 is 2.45 bits per heavy atom. The molecule has 2 heterocycles. The number of allylic oxidation sites excluding steroid dienone is 1. The zero-order chi connectivity index (χ0) is 23.5. The summed E-state index contributed by atoms with van der Waals surface area (Å²) in [7, 11) is 3.19. The minimum absolute atomic E-state index is 0.000465. The Balaban J connectivity index is 1.63. The number of methoxy groups -OCH3 is 1. The molecule has 4 rings (SSSR count). The van der Waals surface area contributed by atoms with Crippen LogP contribution in [-0.2, 0) is 20.9 Å². The molecule has 2 aromatic rings. The minimum atomic E-state index is -0.412. The number of benzene rings is 2. The number of rotatable bonds is 6. The first kappa shape index (κ1) is 22.9. The van der Waals surface area contributed by atoms with Crippen LogP contribution in [0.3, 0.4) is 0 Å². The second-order valence-corrected chi connectivity index (χ2v) is 9.04. The van der Waals surface area contributed by atoms with E-state index in [1.807, 2.05) is 85.8 Å². The van der Waals surface area contributed by atoms with Gasteiger partial charge < -0.3 is 14.5 Å². The largest absolute Gasteiger partial charge is 0.466 e. The maximum Gasteiger partial charge on any atom is 0.338 e. The maximum atomic E-state index is 13.1. The first-order valence-corrected chi connectivity index (χ1v) is 11.6. The van der Waals surface area contributed by atoms with Gasteiger partial charge in [-0.2, -0.15) is 0 Å². The maximum absolute atomic E-state index is 13.1. The molecular formula is C26H27N3O3S. The quantitative estimate of drug-likeness (QED) is 0.579. The van der Waals surface area contributed by atoms with Crippen molar-refractivity contribution in [3.8, 4) is 0 Å². The van der Waals surface area contributed by atoms with Crippen molar-refractivity contribution in [1.29, 1.82) is 0 Å². The van der Waals surface area contributed by atoms with Gasteiger partial charge in [0.1, 0.15) is 0 Å². The molecule has 0 unspecified atom stereocenters. The van der Waals surface area contributed by atoms with Crippen molar-refractivity contribution in [2.24, 2.45) is 4.99 Å². The number of carbonyl (C=O) groups excluding carboxylic acids is 2. The van der Waals surface area contributed by atoms with Crippen LogP contribution in [0.1, 0.15) is 36.1 Å². The van der Waals surface area contributed by atoms with Gasteiger partial charge in [-0.05, 0) is 30.4 Å². The van der Waals surface area contributed by atoms with E-state index in [-0.39, 0.29) is 12.3 Å². The van der Waals surface area contributed by atoms with Crippen LogP contribution in [0.25, 0.3) is 0 Å². The Kier molecular flexibility index (Phi) is 6.70. The summed E-state index contributed by atoms with van der Waals surface area (Å²) in [5, 5.41) is 2.72. The van der Waals surface area contributed by atoms with Crippen molar-refractivity contribution in [3.63, 3.8) is 0 Å². The Morgan fingerprint density at radius 2 is 1.79 bits per heavy atom. The standard InChI is InChI=1S/C26H27N3O3S/c1-17-10-12-20(13-11-17)24-23(25(31)32-4)18(2)27-26-29(24)21(16-33-26)14-22(30)28(3)15-19-8-6-5-7-9-19/h5-13,16,24H,14-15H2,1-4H3/t24-/m1/s1. The predicted octanol–water partition coefficient (Wildman–Crippen LogP) is 4.79. The van der Waals surface area contributed by atoms with Gasteiger partial charge in [0.05, 0.1) is 30.8 Å². The first-order valence-electron chi connectivity index (χ1n) is 10.8. The van der Waals surface area contributed by atoms with Gasteiger partial charge in [0.15, 0.2) is 5.17 Å². The topological polar surface area (TPSA) is 62.2 Å². The van der Waals surface area contributed by atoms with Gasteiger partial charge in [-0.3, -0.25) is 4.79 Å². The van der Waals surface area contributed by atoms with Crippen molar-refractivity contribution in [2.45, 2.75) is 32.9 Å². The average Bonchev–Trinajstić information content (AvgIpc) is 3.20. The highest BCUT2D eigenvalue weighted by Gasteiger charge is 2.41. The third kappa shape index (κ3) is 4.73. The van der Waals surface area contributed by atoms with Crippen LogP contribution in [0.5, 0.6) is 0 Å². The van der Waals surface area contributed by atoms with E-state index < -0.39 is 12.0 Å². The number of aryl methyl sites for hydroxylation is 1. The number of thioether (sulfide) groups is 1. The van der Waals surface area contributed by atoms with E-state index in [2.05, 4.69) is 4.99 Å². The number of esters is 1. The van der Waals surface area contributed by atoms with Gasteiger partial charge in [0.25, 0.3) is 0 Å².